The van der Waals surface area contributed by atoms with Gasteiger partial charge in [0.2, 0.25) is 5.91 Å². The SMILES string of the molecule is O=C(Nc1ccc2c(c1)CCC2)[C@@H]1[C@H](C(=O)O)[C@H]2C=C[C@H]1O2. The number of benzene rings is 1. The molecule has 0 aromatic heterocycles. The minimum absolute atomic E-state index is 0.276. The third-order valence-corrected chi connectivity index (χ3v) is 4.85. The van der Waals surface area contributed by atoms with Gasteiger partial charge >= 0.3 is 5.97 Å². The van der Waals surface area contributed by atoms with E-state index in [9.17, 15) is 14.7 Å². The highest BCUT2D eigenvalue weighted by molar-refractivity contribution is 5.96. The van der Waals surface area contributed by atoms with Crippen molar-refractivity contribution < 1.29 is 19.4 Å². The summed E-state index contributed by atoms with van der Waals surface area (Å²) < 4.78 is 5.54. The summed E-state index contributed by atoms with van der Waals surface area (Å²) >= 11 is 0. The fourth-order valence-electron chi connectivity index (χ4n) is 3.79. The van der Waals surface area contributed by atoms with Crippen LogP contribution in [0.25, 0.3) is 0 Å². The van der Waals surface area contributed by atoms with Gasteiger partial charge in [0, 0.05) is 5.69 Å². The average molecular weight is 299 g/mol. The second-order valence-corrected chi connectivity index (χ2v) is 6.17. The molecular weight excluding hydrogens is 282 g/mol. The minimum atomic E-state index is -0.981. The van der Waals surface area contributed by atoms with Gasteiger partial charge in [-0.1, -0.05) is 18.2 Å². The number of hydrogen-bond donors (Lipinski definition) is 2. The summed E-state index contributed by atoms with van der Waals surface area (Å²) in [7, 11) is 0. The molecular formula is C17H17NO4. The molecule has 0 spiro atoms. The molecule has 0 unspecified atom stereocenters. The zero-order valence-electron chi connectivity index (χ0n) is 12.0. The van der Waals surface area contributed by atoms with E-state index in [4.69, 9.17) is 4.74 Å². The van der Waals surface area contributed by atoms with Crippen molar-refractivity contribution in [2.75, 3.05) is 5.32 Å². The van der Waals surface area contributed by atoms with Crippen molar-refractivity contribution >= 4 is 17.6 Å². The van der Waals surface area contributed by atoms with Crippen molar-refractivity contribution in [3.63, 3.8) is 0 Å². The number of carboxylic acid groups (broad SMARTS) is 1. The van der Waals surface area contributed by atoms with Crippen molar-refractivity contribution in [1.82, 2.24) is 0 Å². The summed E-state index contributed by atoms with van der Waals surface area (Å²) in [4.78, 5) is 23.9. The Morgan fingerprint density at radius 2 is 1.82 bits per heavy atom. The Kier molecular flexibility index (Phi) is 3.04. The molecule has 114 valence electrons. The van der Waals surface area contributed by atoms with Crippen LogP contribution in [0, 0.1) is 11.8 Å². The predicted molar refractivity (Wildman–Crippen MR) is 79.5 cm³/mol. The number of carbonyl (C=O) groups is 2. The van der Waals surface area contributed by atoms with Crippen LogP contribution in [0.4, 0.5) is 5.69 Å². The maximum absolute atomic E-state index is 12.5. The number of carbonyl (C=O) groups excluding carboxylic acids is 1. The van der Waals surface area contributed by atoms with Gasteiger partial charge in [-0.05, 0) is 42.5 Å². The lowest BCUT2D eigenvalue weighted by Gasteiger charge is -2.21. The summed E-state index contributed by atoms with van der Waals surface area (Å²) in [5, 5.41) is 12.2. The first kappa shape index (κ1) is 13.5. The standard InChI is InChI=1S/C17H17NO4/c19-16(14-12-6-7-13(22-12)15(14)17(20)21)18-11-5-4-9-2-1-3-10(9)8-11/h4-8,12-15H,1-3H2,(H,18,19)(H,20,21)/t12-,13-,14+,15-/m1/s1. The quantitative estimate of drug-likeness (QED) is 0.834. The summed E-state index contributed by atoms with van der Waals surface area (Å²) in [5.41, 5.74) is 3.35. The molecule has 5 heteroatoms. The van der Waals surface area contributed by atoms with Crippen LogP contribution in [0.2, 0.25) is 0 Å². The van der Waals surface area contributed by atoms with Crippen LogP contribution in [-0.2, 0) is 27.2 Å². The molecule has 0 radical (unpaired) electrons. The zero-order chi connectivity index (χ0) is 15.3. The topological polar surface area (TPSA) is 75.6 Å². The molecule has 4 atom stereocenters. The first-order valence-electron chi connectivity index (χ1n) is 7.63. The van der Waals surface area contributed by atoms with Gasteiger partial charge in [-0.25, -0.2) is 0 Å². The predicted octanol–water partition coefficient (Wildman–Crippen LogP) is 1.77. The van der Waals surface area contributed by atoms with Gasteiger partial charge in [-0.2, -0.15) is 0 Å². The maximum atomic E-state index is 12.5. The van der Waals surface area contributed by atoms with Crippen LogP contribution < -0.4 is 5.32 Å². The van der Waals surface area contributed by atoms with E-state index in [0.717, 1.165) is 24.9 Å². The third kappa shape index (κ3) is 2.04. The Morgan fingerprint density at radius 3 is 2.59 bits per heavy atom. The Labute approximate surface area is 128 Å². The number of aryl methyl sites for hydroxylation is 2. The smallest absolute Gasteiger partial charge is 0.310 e. The van der Waals surface area contributed by atoms with Gasteiger partial charge in [-0.15, -0.1) is 0 Å². The van der Waals surface area contributed by atoms with Crippen molar-refractivity contribution in [1.29, 1.82) is 0 Å². The monoisotopic (exact) mass is 299 g/mol. The summed E-state index contributed by atoms with van der Waals surface area (Å²) in [6.07, 6.45) is 5.89. The van der Waals surface area contributed by atoms with Gasteiger partial charge in [0.05, 0.1) is 18.1 Å². The van der Waals surface area contributed by atoms with Crippen molar-refractivity contribution in [3.8, 4) is 0 Å². The molecule has 3 aliphatic rings. The molecule has 5 nitrogen and oxygen atoms in total. The highest BCUT2D eigenvalue weighted by Crippen LogP contribution is 2.40. The van der Waals surface area contributed by atoms with E-state index in [1.807, 2.05) is 18.2 Å². The lowest BCUT2D eigenvalue weighted by atomic mass is 9.82. The van der Waals surface area contributed by atoms with Crippen LogP contribution in [-0.4, -0.2) is 29.2 Å². The average Bonchev–Trinajstić information content (AvgIpc) is 3.20. The van der Waals surface area contributed by atoms with Crippen LogP contribution in [0.3, 0.4) is 0 Å². The number of carboxylic acids is 1. The van der Waals surface area contributed by atoms with E-state index < -0.39 is 30.0 Å². The van der Waals surface area contributed by atoms with Crippen LogP contribution >= 0.6 is 0 Å². The molecule has 1 aromatic carbocycles. The Morgan fingerprint density at radius 1 is 1.09 bits per heavy atom. The lowest BCUT2D eigenvalue weighted by molar-refractivity contribution is -0.145. The largest absolute Gasteiger partial charge is 0.481 e. The van der Waals surface area contributed by atoms with Crippen LogP contribution in [0.5, 0.6) is 0 Å². The maximum Gasteiger partial charge on any atom is 0.310 e. The van der Waals surface area contributed by atoms with E-state index in [1.54, 1.807) is 12.2 Å². The van der Waals surface area contributed by atoms with E-state index >= 15 is 0 Å². The van der Waals surface area contributed by atoms with E-state index in [0.29, 0.717) is 0 Å². The molecule has 1 fully saturated rings. The lowest BCUT2D eigenvalue weighted by Crippen LogP contribution is -2.39. The number of nitrogens with one attached hydrogen (secondary N) is 1. The van der Waals surface area contributed by atoms with Gasteiger partial charge in [0.15, 0.2) is 0 Å². The van der Waals surface area contributed by atoms with Gasteiger partial charge in [0.25, 0.3) is 0 Å². The molecule has 2 aliphatic heterocycles. The van der Waals surface area contributed by atoms with Gasteiger partial charge in [0.1, 0.15) is 5.92 Å². The molecule has 1 aliphatic carbocycles. The molecule has 1 amide bonds. The number of amides is 1. The first-order valence-corrected chi connectivity index (χ1v) is 7.63. The van der Waals surface area contributed by atoms with Crippen molar-refractivity contribution in [3.05, 3.63) is 41.5 Å². The Bertz CT molecular complexity index is 681. The number of anilines is 1. The number of rotatable bonds is 3. The van der Waals surface area contributed by atoms with Crippen molar-refractivity contribution in [2.24, 2.45) is 11.8 Å². The van der Waals surface area contributed by atoms with Gasteiger partial charge in [-0.3, -0.25) is 9.59 Å². The van der Waals surface area contributed by atoms with E-state index in [1.165, 1.54) is 11.1 Å². The summed E-state index contributed by atoms with van der Waals surface area (Å²) in [5.74, 6) is -2.72. The summed E-state index contributed by atoms with van der Waals surface area (Å²) in [6.45, 7) is 0. The second-order valence-electron chi connectivity index (χ2n) is 6.17. The molecule has 2 heterocycles. The second kappa shape index (κ2) is 4.95. The number of ether oxygens (including phenoxy) is 1. The van der Waals surface area contributed by atoms with E-state index in [-0.39, 0.29) is 5.91 Å². The first-order chi connectivity index (χ1) is 10.6. The Hall–Kier alpha value is -2.14. The Balaban J connectivity index is 1.55. The number of fused-ring (bicyclic) bond motifs is 3. The highest BCUT2D eigenvalue weighted by atomic mass is 16.5. The molecule has 1 aromatic rings. The minimum Gasteiger partial charge on any atom is -0.481 e. The molecule has 2 bridgehead atoms. The molecule has 4 rings (SSSR count). The fourth-order valence-corrected chi connectivity index (χ4v) is 3.79. The van der Waals surface area contributed by atoms with Gasteiger partial charge < -0.3 is 15.2 Å². The fraction of sp³-hybridized carbons (Fsp3) is 0.412. The van der Waals surface area contributed by atoms with Crippen molar-refractivity contribution in [2.45, 2.75) is 31.5 Å². The molecule has 22 heavy (non-hydrogen) atoms. The third-order valence-electron chi connectivity index (χ3n) is 4.85. The molecule has 2 N–H and O–H groups in total. The van der Waals surface area contributed by atoms with E-state index in [2.05, 4.69) is 5.32 Å². The van der Waals surface area contributed by atoms with Crippen LogP contribution in [0.15, 0.2) is 30.4 Å². The van der Waals surface area contributed by atoms with Crippen LogP contribution in [0.1, 0.15) is 17.5 Å². The zero-order valence-corrected chi connectivity index (χ0v) is 12.0. The number of hydrogen-bond acceptors (Lipinski definition) is 3. The molecule has 0 saturated carbocycles. The highest BCUT2D eigenvalue weighted by Gasteiger charge is 2.53. The number of aliphatic carboxylic acids is 1. The molecule has 1 saturated heterocycles. The normalized spacial score (nSPS) is 31.3. The summed E-state index contributed by atoms with van der Waals surface area (Å²) in [6, 6.07) is 5.94.